The maximum Gasteiger partial charge on any atom is 0.152 e. The van der Waals surface area contributed by atoms with Gasteiger partial charge in [0.25, 0.3) is 0 Å². The quantitative estimate of drug-likeness (QED) is 0.598. The van der Waals surface area contributed by atoms with Gasteiger partial charge < -0.3 is 4.55 Å². The van der Waals surface area contributed by atoms with Gasteiger partial charge in [0.2, 0.25) is 0 Å². The summed E-state index contributed by atoms with van der Waals surface area (Å²) in [4.78, 5) is 0.810. The molecule has 1 atom stereocenters. The van der Waals surface area contributed by atoms with Crippen molar-refractivity contribution in [3.8, 4) is 0 Å². The molecule has 54 valence electrons. The molecule has 3 heteroatoms. The Morgan fingerprint density at radius 3 is 2.20 bits per heavy atom. The lowest BCUT2D eigenvalue weighted by molar-refractivity contribution is 0.601. The van der Waals surface area contributed by atoms with Crippen LogP contribution in [0, 0.1) is 0 Å². The molecule has 0 saturated heterocycles. The molecule has 0 heterocycles. The molecule has 0 aliphatic carbocycles. The van der Waals surface area contributed by atoms with Crippen molar-refractivity contribution < 1.29 is 4.55 Å². The number of rotatable bonds is 1. The summed E-state index contributed by atoms with van der Waals surface area (Å²) in [5.74, 6) is 0. The van der Waals surface area contributed by atoms with Crippen LogP contribution in [-0.4, -0.2) is 10.8 Å². The van der Waals surface area contributed by atoms with E-state index in [-0.39, 0.29) is 0 Å². The van der Waals surface area contributed by atoms with Gasteiger partial charge in [-0.2, -0.15) is 0 Å². The van der Waals surface area contributed by atoms with Crippen LogP contribution in [0.3, 0.4) is 0 Å². The van der Waals surface area contributed by atoms with Gasteiger partial charge in [-0.15, -0.1) is 0 Å². The first kappa shape index (κ1) is 7.92. The molecule has 0 amide bonds. The maximum atomic E-state index is 10.8. The van der Waals surface area contributed by atoms with Crippen molar-refractivity contribution in [3.05, 3.63) is 29.3 Å². The van der Waals surface area contributed by atoms with E-state index in [0.29, 0.717) is 5.02 Å². The number of hydrogen-bond donors (Lipinski definition) is 0. The van der Waals surface area contributed by atoms with E-state index in [1.807, 2.05) is 0 Å². The van der Waals surface area contributed by atoms with Gasteiger partial charge >= 0.3 is 0 Å². The van der Waals surface area contributed by atoms with Gasteiger partial charge in [-0.3, -0.25) is 0 Å². The van der Waals surface area contributed by atoms with E-state index >= 15 is 0 Å². The molecule has 1 nitrogen and oxygen atoms in total. The van der Waals surface area contributed by atoms with Gasteiger partial charge in [0.1, 0.15) is 6.26 Å². The maximum absolute atomic E-state index is 10.8. The van der Waals surface area contributed by atoms with Crippen molar-refractivity contribution in [2.24, 2.45) is 0 Å². The van der Waals surface area contributed by atoms with E-state index < -0.39 is 11.2 Å². The molecule has 0 aliphatic heterocycles. The van der Waals surface area contributed by atoms with E-state index in [4.69, 9.17) is 11.6 Å². The van der Waals surface area contributed by atoms with Crippen molar-refractivity contribution in [2.45, 2.75) is 4.90 Å². The third-order valence-electron chi connectivity index (χ3n) is 1.15. The standard InChI is InChI=1S/C7H7ClOS/c1-10(9)7-4-2-6(8)3-5-7/h2-5H,1H3. The zero-order valence-electron chi connectivity index (χ0n) is 5.50. The third-order valence-corrected chi connectivity index (χ3v) is 2.33. The number of hydrogen-bond acceptors (Lipinski definition) is 1. The average Bonchev–Trinajstić information content (AvgIpc) is 1.88. The Morgan fingerprint density at radius 1 is 1.30 bits per heavy atom. The SMILES string of the molecule is C[S+]([O-])c1ccc(Cl)cc1. The molecule has 0 saturated carbocycles. The van der Waals surface area contributed by atoms with Gasteiger partial charge in [-0.25, -0.2) is 0 Å². The van der Waals surface area contributed by atoms with Crippen molar-refractivity contribution in [2.75, 3.05) is 6.26 Å². The van der Waals surface area contributed by atoms with Crippen LogP contribution in [0.1, 0.15) is 0 Å². The smallest absolute Gasteiger partial charge is 0.152 e. The Kier molecular flexibility index (Phi) is 2.60. The predicted molar refractivity (Wildman–Crippen MR) is 43.8 cm³/mol. The molecule has 0 N–H and O–H groups in total. The van der Waals surface area contributed by atoms with Gasteiger partial charge in [0, 0.05) is 5.02 Å². The Morgan fingerprint density at radius 2 is 1.80 bits per heavy atom. The molecule has 0 bridgehead atoms. The van der Waals surface area contributed by atoms with Crippen LogP contribution in [0.5, 0.6) is 0 Å². The van der Waals surface area contributed by atoms with Gasteiger partial charge in [0.05, 0.1) is 0 Å². The second-order valence-corrected chi connectivity index (χ2v) is 3.72. The topological polar surface area (TPSA) is 23.1 Å². The van der Waals surface area contributed by atoms with Crippen molar-refractivity contribution in [1.29, 1.82) is 0 Å². The fraction of sp³-hybridized carbons (Fsp3) is 0.143. The predicted octanol–water partition coefficient (Wildman–Crippen LogP) is 2.08. The average molecular weight is 175 g/mol. The second kappa shape index (κ2) is 3.28. The molecule has 0 fully saturated rings. The molecular weight excluding hydrogens is 168 g/mol. The monoisotopic (exact) mass is 174 g/mol. The summed E-state index contributed by atoms with van der Waals surface area (Å²) in [6.07, 6.45) is 1.64. The van der Waals surface area contributed by atoms with Crippen LogP contribution in [0.15, 0.2) is 29.2 Å². The highest BCUT2D eigenvalue weighted by Gasteiger charge is 2.00. The molecule has 1 unspecified atom stereocenters. The highest BCUT2D eigenvalue weighted by atomic mass is 35.5. The summed E-state index contributed by atoms with van der Waals surface area (Å²) < 4.78 is 10.8. The van der Waals surface area contributed by atoms with Crippen molar-refractivity contribution in [3.63, 3.8) is 0 Å². The Labute approximate surface area is 68.2 Å². The minimum atomic E-state index is -0.896. The number of benzene rings is 1. The molecule has 1 rings (SSSR count). The lowest BCUT2D eigenvalue weighted by atomic mass is 10.4. The van der Waals surface area contributed by atoms with E-state index in [2.05, 4.69) is 0 Å². The van der Waals surface area contributed by atoms with Crippen LogP contribution in [-0.2, 0) is 11.2 Å². The molecule has 10 heavy (non-hydrogen) atoms. The molecule has 1 aromatic carbocycles. The Bertz CT molecular complexity index is 207. The van der Waals surface area contributed by atoms with Gasteiger partial charge in [-0.05, 0) is 35.4 Å². The van der Waals surface area contributed by atoms with Crippen LogP contribution < -0.4 is 0 Å². The van der Waals surface area contributed by atoms with Gasteiger partial charge in [0.15, 0.2) is 4.90 Å². The summed E-state index contributed by atoms with van der Waals surface area (Å²) in [5, 5.41) is 0.675. The lowest BCUT2D eigenvalue weighted by Gasteiger charge is -2.02. The third kappa shape index (κ3) is 1.90. The van der Waals surface area contributed by atoms with Crippen LogP contribution in [0.4, 0.5) is 0 Å². The summed E-state index contributed by atoms with van der Waals surface area (Å²) >= 11 is 4.72. The molecule has 0 radical (unpaired) electrons. The summed E-state index contributed by atoms with van der Waals surface area (Å²) in [5.41, 5.74) is 0. The highest BCUT2D eigenvalue weighted by molar-refractivity contribution is 7.90. The van der Waals surface area contributed by atoms with Crippen molar-refractivity contribution >= 4 is 22.8 Å². The van der Waals surface area contributed by atoms with E-state index in [1.54, 1.807) is 30.5 Å². The van der Waals surface area contributed by atoms with E-state index in [0.717, 1.165) is 4.90 Å². The first-order valence-electron chi connectivity index (χ1n) is 2.79. The zero-order chi connectivity index (χ0) is 7.56. The fourth-order valence-electron chi connectivity index (χ4n) is 0.626. The van der Waals surface area contributed by atoms with Crippen molar-refractivity contribution in [1.82, 2.24) is 0 Å². The van der Waals surface area contributed by atoms with E-state index in [9.17, 15) is 4.55 Å². The van der Waals surface area contributed by atoms with Crippen LogP contribution in [0.2, 0.25) is 5.02 Å². The van der Waals surface area contributed by atoms with E-state index in [1.165, 1.54) is 0 Å². The van der Waals surface area contributed by atoms with Gasteiger partial charge in [-0.1, -0.05) is 11.6 Å². The molecule has 0 aliphatic rings. The first-order valence-corrected chi connectivity index (χ1v) is 4.73. The zero-order valence-corrected chi connectivity index (χ0v) is 7.08. The summed E-state index contributed by atoms with van der Waals surface area (Å²) in [6, 6.07) is 6.99. The number of halogens is 1. The van der Waals surface area contributed by atoms with Crippen LogP contribution in [0.25, 0.3) is 0 Å². The van der Waals surface area contributed by atoms with Crippen LogP contribution >= 0.6 is 11.6 Å². The summed E-state index contributed by atoms with van der Waals surface area (Å²) in [6.45, 7) is 0. The highest BCUT2D eigenvalue weighted by Crippen LogP contribution is 2.13. The molecule has 1 aromatic rings. The Balaban J connectivity index is 2.89. The first-order chi connectivity index (χ1) is 4.70. The fourth-order valence-corrected chi connectivity index (χ4v) is 1.27. The largest absolute Gasteiger partial charge is 0.612 e. The summed E-state index contributed by atoms with van der Waals surface area (Å²) in [7, 11) is 0. The minimum Gasteiger partial charge on any atom is -0.612 e. The molecule has 0 aromatic heterocycles. The molecular formula is C7H7ClOS. The normalized spacial score (nSPS) is 13.1. The minimum absolute atomic E-state index is 0.675. The lowest BCUT2D eigenvalue weighted by Crippen LogP contribution is -1.95. The Hall–Kier alpha value is -0.180. The molecule has 0 spiro atoms. The second-order valence-electron chi connectivity index (χ2n) is 1.91.